The summed E-state index contributed by atoms with van der Waals surface area (Å²) in [6, 6.07) is 7.60. The quantitative estimate of drug-likeness (QED) is 0.452. The lowest BCUT2D eigenvalue weighted by atomic mass is 10.1. The van der Waals surface area contributed by atoms with Crippen LogP contribution in [0.5, 0.6) is 0 Å². The van der Waals surface area contributed by atoms with Gasteiger partial charge in [0.15, 0.2) is 5.78 Å². The first kappa shape index (κ1) is 14.7. The van der Waals surface area contributed by atoms with Crippen LogP contribution < -0.4 is 4.90 Å². The van der Waals surface area contributed by atoms with E-state index in [0.29, 0.717) is 11.8 Å². The van der Waals surface area contributed by atoms with Crippen LogP contribution in [0.4, 0.5) is 5.69 Å². The van der Waals surface area contributed by atoms with Crippen LogP contribution in [0.15, 0.2) is 24.3 Å². The van der Waals surface area contributed by atoms with Crippen LogP contribution in [0.2, 0.25) is 0 Å². The zero-order chi connectivity index (χ0) is 14.4. The van der Waals surface area contributed by atoms with E-state index in [4.69, 9.17) is 0 Å². The summed E-state index contributed by atoms with van der Waals surface area (Å²) in [5.41, 5.74) is 1.77. The topological polar surface area (TPSA) is 40.6 Å². The van der Waals surface area contributed by atoms with Crippen molar-refractivity contribution in [2.24, 2.45) is 0 Å². The molecule has 0 aliphatic carbocycles. The van der Waals surface area contributed by atoms with Gasteiger partial charge in [0.05, 0.1) is 6.42 Å². The van der Waals surface area contributed by atoms with Crippen molar-refractivity contribution < 1.29 is 9.59 Å². The average molecular weight is 274 g/mol. The summed E-state index contributed by atoms with van der Waals surface area (Å²) in [6.07, 6.45) is 1.83. The molecule has 0 spiro atoms. The van der Waals surface area contributed by atoms with Crippen LogP contribution in [0.3, 0.4) is 0 Å². The third-order valence-corrected chi connectivity index (χ3v) is 3.74. The molecule has 1 heterocycles. The lowest BCUT2D eigenvalue weighted by Crippen LogP contribution is -2.46. The molecule has 1 aromatic rings. The summed E-state index contributed by atoms with van der Waals surface area (Å²) >= 11 is 0. The number of anilines is 1. The highest BCUT2D eigenvalue weighted by molar-refractivity contribution is 6.02. The van der Waals surface area contributed by atoms with Crippen LogP contribution >= 0.6 is 0 Å². The monoisotopic (exact) mass is 274 g/mol. The van der Waals surface area contributed by atoms with Crippen molar-refractivity contribution in [1.82, 2.24) is 4.90 Å². The van der Waals surface area contributed by atoms with Gasteiger partial charge in [0.1, 0.15) is 6.29 Å². The molecule has 0 radical (unpaired) electrons. The van der Waals surface area contributed by atoms with E-state index < -0.39 is 0 Å². The van der Waals surface area contributed by atoms with Crippen LogP contribution in [-0.4, -0.2) is 49.7 Å². The normalized spacial score (nSPS) is 16.1. The molecule has 1 aromatic carbocycles. The van der Waals surface area contributed by atoms with E-state index in [1.807, 2.05) is 24.3 Å². The molecule has 20 heavy (non-hydrogen) atoms. The van der Waals surface area contributed by atoms with Gasteiger partial charge in [-0.3, -0.25) is 9.69 Å². The molecule has 1 aliphatic heterocycles. The maximum Gasteiger partial charge on any atom is 0.169 e. The fourth-order valence-corrected chi connectivity index (χ4v) is 2.60. The summed E-state index contributed by atoms with van der Waals surface area (Å²) in [5, 5.41) is 0. The summed E-state index contributed by atoms with van der Waals surface area (Å²) < 4.78 is 0. The van der Waals surface area contributed by atoms with Gasteiger partial charge in [-0.1, -0.05) is 6.92 Å². The lowest BCUT2D eigenvalue weighted by Gasteiger charge is -2.36. The number of aldehydes is 1. The van der Waals surface area contributed by atoms with Crippen LogP contribution in [0.1, 0.15) is 30.1 Å². The fourth-order valence-electron chi connectivity index (χ4n) is 2.60. The number of ketones is 1. The van der Waals surface area contributed by atoms with E-state index in [9.17, 15) is 9.59 Å². The Morgan fingerprint density at radius 3 is 2.35 bits per heavy atom. The molecule has 0 bridgehead atoms. The Bertz CT molecular complexity index is 448. The van der Waals surface area contributed by atoms with Gasteiger partial charge in [-0.15, -0.1) is 0 Å². The van der Waals surface area contributed by atoms with Gasteiger partial charge in [-0.05, 0) is 37.2 Å². The van der Waals surface area contributed by atoms with Crippen molar-refractivity contribution >= 4 is 17.8 Å². The predicted octanol–water partition coefficient (Wildman–Crippen LogP) is 1.99. The third kappa shape index (κ3) is 3.67. The highest BCUT2D eigenvalue weighted by Crippen LogP contribution is 2.18. The number of hydrogen-bond acceptors (Lipinski definition) is 4. The van der Waals surface area contributed by atoms with Gasteiger partial charge in [-0.2, -0.15) is 0 Å². The first-order chi connectivity index (χ1) is 9.74. The Morgan fingerprint density at radius 2 is 1.80 bits per heavy atom. The minimum absolute atomic E-state index is 0.0327. The highest BCUT2D eigenvalue weighted by atomic mass is 16.1. The van der Waals surface area contributed by atoms with Gasteiger partial charge in [0, 0.05) is 37.4 Å². The van der Waals surface area contributed by atoms with E-state index in [0.717, 1.165) is 31.9 Å². The van der Waals surface area contributed by atoms with E-state index in [1.54, 1.807) is 0 Å². The molecule has 0 N–H and O–H groups in total. The number of benzene rings is 1. The smallest absolute Gasteiger partial charge is 0.169 e. The van der Waals surface area contributed by atoms with E-state index >= 15 is 0 Å². The molecule has 4 heteroatoms. The highest BCUT2D eigenvalue weighted by Gasteiger charge is 2.16. The molecular weight excluding hydrogens is 252 g/mol. The van der Waals surface area contributed by atoms with Crippen molar-refractivity contribution in [3.8, 4) is 0 Å². The zero-order valence-electron chi connectivity index (χ0n) is 12.0. The van der Waals surface area contributed by atoms with Crippen LogP contribution in [-0.2, 0) is 4.79 Å². The largest absolute Gasteiger partial charge is 0.369 e. The molecule has 4 nitrogen and oxygen atoms in total. The molecule has 1 saturated heterocycles. The van der Waals surface area contributed by atoms with E-state index in [-0.39, 0.29) is 12.2 Å². The summed E-state index contributed by atoms with van der Waals surface area (Å²) in [7, 11) is 0. The Balaban J connectivity index is 1.94. The molecule has 0 aromatic heterocycles. The molecule has 1 aliphatic rings. The number of piperazine rings is 1. The number of hydrogen-bond donors (Lipinski definition) is 0. The van der Waals surface area contributed by atoms with Crippen LogP contribution in [0, 0.1) is 0 Å². The maximum atomic E-state index is 11.6. The number of carbonyl (C=O) groups excluding carboxylic acids is 2. The second kappa shape index (κ2) is 7.20. The Hall–Kier alpha value is -1.68. The van der Waals surface area contributed by atoms with Gasteiger partial charge in [0.25, 0.3) is 0 Å². The van der Waals surface area contributed by atoms with Crippen molar-refractivity contribution in [3.63, 3.8) is 0 Å². The first-order valence-electron chi connectivity index (χ1n) is 7.28. The summed E-state index contributed by atoms with van der Waals surface area (Å²) in [4.78, 5) is 26.8. The minimum atomic E-state index is -0.112. The molecule has 0 amide bonds. The fraction of sp³-hybridized carbons (Fsp3) is 0.500. The SMILES string of the molecule is CCCN1CCN(c2ccc(C(=O)CC=O)cc2)CC1. The lowest BCUT2D eigenvalue weighted by molar-refractivity contribution is -0.107. The molecule has 0 atom stereocenters. The number of rotatable bonds is 6. The van der Waals surface area contributed by atoms with E-state index in [2.05, 4.69) is 16.7 Å². The maximum absolute atomic E-state index is 11.6. The summed E-state index contributed by atoms with van der Waals surface area (Å²) in [6.45, 7) is 7.64. The minimum Gasteiger partial charge on any atom is -0.369 e. The van der Waals surface area contributed by atoms with Gasteiger partial charge < -0.3 is 9.69 Å². The number of nitrogens with zero attached hydrogens (tertiary/aromatic N) is 2. The van der Waals surface area contributed by atoms with Crippen molar-refractivity contribution in [2.75, 3.05) is 37.6 Å². The Morgan fingerprint density at radius 1 is 1.15 bits per heavy atom. The van der Waals surface area contributed by atoms with Gasteiger partial charge in [-0.25, -0.2) is 0 Å². The number of Topliss-reactive ketones (excluding diaryl/α,β-unsaturated/α-hetero) is 1. The Labute approximate surface area is 120 Å². The van der Waals surface area contributed by atoms with Gasteiger partial charge >= 0.3 is 0 Å². The second-order valence-corrected chi connectivity index (χ2v) is 5.17. The molecule has 0 unspecified atom stereocenters. The number of carbonyl (C=O) groups is 2. The van der Waals surface area contributed by atoms with Gasteiger partial charge in [0.2, 0.25) is 0 Å². The van der Waals surface area contributed by atoms with E-state index in [1.165, 1.54) is 13.0 Å². The van der Waals surface area contributed by atoms with Crippen LogP contribution in [0.25, 0.3) is 0 Å². The molecular formula is C16H22N2O2. The predicted molar refractivity (Wildman–Crippen MR) is 80.4 cm³/mol. The van der Waals surface area contributed by atoms with Crippen molar-refractivity contribution in [1.29, 1.82) is 0 Å². The van der Waals surface area contributed by atoms with Crippen molar-refractivity contribution in [3.05, 3.63) is 29.8 Å². The molecule has 108 valence electrons. The molecule has 0 saturated carbocycles. The van der Waals surface area contributed by atoms with Crippen molar-refractivity contribution in [2.45, 2.75) is 19.8 Å². The third-order valence-electron chi connectivity index (χ3n) is 3.74. The molecule has 1 fully saturated rings. The average Bonchev–Trinajstić information content (AvgIpc) is 2.49. The first-order valence-corrected chi connectivity index (χ1v) is 7.28. The Kier molecular flexibility index (Phi) is 5.30. The second-order valence-electron chi connectivity index (χ2n) is 5.17. The summed E-state index contributed by atoms with van der Waals surface area (Å²) in [5.74, 6) is -0.112. The standard InChI is InChI=1S/C16H22N2O2/c1-2-8-17-9-11-18(12-10-17)15-5-3-14(4-6-15)16(20)7-13-19/h3-6,13H,2,7-12H2,1H3. The molecule has 2 rings (SSSR count). The zero-order valence-corrected chi connectivity index (χ0v) is 12.0.